The van der Waals surface area contributed by atoms with E-state index in [2.05, 4.69) is 39.6 Å². The second kappa shape index (κ2) is 7.57. The highest BCUT2D eigenvalue weighted by Gasteiger charge is 2.20. The van der Waals surface area contributed by atoms with Crippen LogP contribution in [-0.4, -0.2) is 15.0 Å². The van der Waals surface area contributed by atoms with Gasteiger partial charge in [0.05, 0.1) is 5.69 Å². The molecule has 0 atom stereocenters. The van der Waals surface area contributed by atoms with Crippen LogP contribution < -0.4 is 10.0 Å². The molecule has 21 heavy (non-hydrogen) atoms. The lowest BCUT2D eigenvalue weighted by Gasteiger charge is -2.10. The molecule has 0 aliphatic carbocycles. The Bertz CT molecular complexity index is 699. The van der Waals surface area contributed by atoms with Crippen LogP contribution in [0.4, 0.5) is 5.69 Å². The number of anilines is 1. The first kappa shape index (κ1) is 16.7. The summed E-state index contributed by atoms with van der Waals surface area (Å²) < 4.78 is 28.6. The van der Waals surface area contributed by atoms with Crippen molar-refractivity contribution in [1.29, 1.82) is 0 Å². The molecule has 1 heterocycles. The van der Waals surface area contributed by atoms with Crippen LogP contribution in [0, 0.1) is 3.57 Å². The van der Waals surface area contributed by atoms with Crippen molar-refractivity contribution in [1.82, 2.24) is 5.32 Å². The summed E-state index contributed by atoms with van der Waals surface area (Å²) in [6.07, 6.45) is 1.02. The van der Waals surface area contributed by atoms with Crippen LogP contribution in [0.15, 0.2) is 40.6 Å². The van der Waals surface area contributed by atoms with Gasteiger partial charge < -0.3 is 5.32 Å². The average Bonchev–Trinajstić information content (AvgIpc) is 2.91. The third-order valence-corrected chi connectivity index (χ3v) is 6.27. The molecule has 7 heteroatoms. The maximum Gasteiger partial charge on any atom is 0.263 e. The lowest BCUT2D eigenvalue weighted by molar-refractivity contribution is 0.599. The van der Waals surface area contributed by atoms with E-state index in [0.717, 1.165) is 21.4 Å². The van der Waals surface area contributed by atoms with Crippen LogP contribution in [0.1, 0.15) is 18.2 Å². The van der Waals surface area contributed by atoms with Gasteiger partial charge in [-0.3, -0.25) is 4.72 Å². The van der Waals surface area contributed by atoms with Crippen molar-refractivity contribution in [3.63, 3.8) is 0 Å². The Kier molecular flexibility index (Phi) is 6.03. The summed E-state index contributed by atoms with van der Waals surface area (Å²) in [5, 5.41) is 5.05. The van der Waals surface area contributed by atoms with Crippen LogP contribution in [-0.2, 0) is 16.6 Å². The van der Waals surface area contributed by atoms with E-state index in [9.17, 15) is 8.42 Å². The second-order valence-electron chi connectivity index (χ2n) is 4.47. The molecular formula is C14H17IN2O2S2. The molecule has 0 spiro atoms. The third kappa shape index (κ3) is 4.41. The summed E-state index contributed by atoms with van der Waals surface area (Å²) >= 11 is 3.58. The minimum Gasteiger partial charge on any atom is -0.312 e. The van der Waals surface area contributed by atoms with Crippen LogP contribution in [0.2, 0.25) is 0 Å². The molecular weight excluding hydrogens is 419 g/mol. The number of hydrogen-bond acceptors (Lipinski definition) is 4. The van der Waals surface area contributed by atoms with Gasteiger partial charge in [0.1, 0.15) is 4.90 Å². The molecule has 2 N–H and O–H groups in total. The van der Waals surface area contributed by atoms with Gasteiger partial charge in [-0.1, -0.05) is 19.1 Å². The van der Waals surface area contributed by atoms with E-state index in [1.54, 1.807) is 12.1 Å². The second-order valence-corrected chi connectivity index (χ2v) is 8.28. The van der Waals surface area contributed by atoms with Gasteiger partial charge in [0.25, 0.3) is 10.0 Å². The third-order valence-electron chi connectivity index (χ3n) is 2.82. The number of hydrogen-bond donors (Lipinski definition) is 2. The fourth-order valence-electron chi connectivity index (χ4n) is 1.82. The number of nitrogens with one attached hydrogen (secondary N) is 2. The Hall–Kier alpha value is -0.640. The number of thiophene rings is 1. The molecule has 0 aliphatic heterocycles. The number of para-hydroxylation sites is 1. The SMILES string of the molecule is CCCNCc1sccc1S(=O)(=O)Nc1ccccc1I. The molecule has 0 radical (unpaired) electrons. The van der Waals surface area contributed by atoms with Gasteiger partial charge in [0, 0.05) is 15.0 Å². The van der Waals surface area contributed by atoms with Crippen LogP contribution in [0.25, 0.3) is 0 Å². The molecule has 0 saturated carbocycles. The Labute approximate surface area is 143 Å². The maximum atomic E-state index is 12.5. The van der Waals surface area contributed by atoms with Crippen molar-refractivity contribution < 1.29 is 8.42 Å². The van der Waals surface area contributed by atoms with Crippen molar-refractivity contribution in [3.05, 3.63) is 44.2 Å². The molecule has 0 unspecified atom stereocenters. The molecule has 2 rings (SSSR count). The highest BCUT2D eigenvalue weighted by atomic mass is 127. The first-order chi connectivity index (χ1) is 10.0. The first-order valence-electron chi connectivity index (χ1n) is 6.59. The van der Waals surface area contributed by atoms with Crippen molar-refractivity contribution in [2.45, 2.75) is 24.8 Å². The van der Waals surface area contributed by atoms with Crippen molar-refractivity contribution >= 4 is 49.6 Å². The lowest BCUT2D eigenvalue weighted by atomic mass is 10.3. The van der Waals surface area contributed by atoms with E-state index in [0.29, 0.717) is 17.1 Å². The molecule has 0 fully saturated rings. The zero-order chi connectivity index (χ0) is 15.3. The first-order valence-corrected chi connectivity index (χ1v) is 10.0. The molecule has 1 aromatic heterocycles. The molecule has 1 aromatic carbocycles. The van der Waals surface area contributed by atoms with E-state index in [1.807, 2.05) is 23.6 Å². The fourth-order valence-corrected chi connectivity index (χ4v) is 5.02. The van der Waals surface area contributed by atoms with Crippen LogP contribution >= 0.6 is 33.9 Å². The minimum absolute atomic E-state index is 0.357. The van der Waals surface area contributed by atoms with Gasteiger partial charge in [-0.05, 0) is 59.1 Å². The van der Waals surface area contributed by atoms with Crippen molar-refractivity contribution in [2.75, 3.05) is 11.3 Å². The summed E-state index contributed by atoms with van der Waals surface area (Å²) in [7, 11) is -3.54. The topological polar surface area (TPSA) is 58.2 Å². The summed E-state index contributed by atoms with van der Waals surface area (Å²) in [5.41, 5.74) is 0.608. The highest BCUT2D eigenvalue weighted by molar-refractivity contribution is 14.1. The monoisotopic (exact) mass is 436 g/mol. The maximum absolute atomic E-state index is 12.5. The Morgan fingerprint density at radius 2 is 2.00 bits per heavy atom. The van der Waals surface area contributed by atoms with Crippen LogP contribution in [0.3, 0.4) is 0 Å². The Balaban J connectivity index is 2.20. The van der Waals surface area contributed by atoms with E-state index in [4.69, 9.17) is 0 Å². The number of halogens is 1. The molecule has 0 amide bonds. The van der Waals surface area contributed by atoms with E-state index in [1.165, 1.54) is 11.3 Å². The Morgan fingerprint density at radius 3 is 2.71 bits per heavy atom. The zero-order valence-corrected chi connectivity index (χ0v) is 15.4. The summed E-state index contributed by atoms with van der Waals surface area (Å²) in [6.45, 7) is 3.53. The van der Waals surface area contributed by atoms with Crippen LogP contribution in [0.5, 0.6) is 0 Å². The lowest BCUT2D eigenvalue weighted by Crippen LogP contribution is -2.18. The number of rotatable bonds is 7. The molecule has 2 aromatic rings. The van der Waals surface area contributed by atoms with E-state index in [-0.39, 0.29) is 0 Å². The number of sulfonamides is 1. The van der Waals surface area contributed by atoms with Gasteiger partial charge >= 0.3 is 0 Å². The van der Waals surface area contributed by atoms with Gasteiger partial charge in [-0.2, -0.15) is 0 Å². The average molecular weight is 436 g/mol. The molecule has 0 bridgehead atoms. The van der Waals surface area contributed by atoms with Crippen molar-refractivity contribution in [3.8, 4) is 0 Å². The normalized spacial score (nSPS) is 11.5. The smallest absolute Gasteiger partial charge is 0.263 e. The summed E-state index contributed by atoms with van der Waals surface area (Å²) in [5.74, 6) is 0. The van der Waals surface area contributed by atoms with E-state index < -0.39 is 10.0 Å². The quantitative estimate of drug-likeness (QED) is 0.515. The summed E-state index contributed by atoms with van der Waals surface area (Å²) in [4.78, 5) is 1.19. The largest absolute Gasteiger partial charge is 0.312 e. The van der Waals surface area contributed by atoms with E-state index >= 15 is 0 Å². The highest BCUT2D eigenvalue weighted by Crippen LogP contribution is 2.26. The molecule has 114 valence electrons. The predicted molar refractivity (Wildman–Crippen MR) is 96.3 cm³/mol. The summed E-state index contributed by atoms with van der Waals surface area (Å²) in [6, 6.07) is 8.99. The minimum atomic E-state index is -3.54. The van der Waals surface area contributed by atoms with Gasteiger partial charge in [0.2, 0.25) is 0 Å². The molecule has 0 aliphatic rings. The molecule has 4 nitrogen and oxygen atoms in total. The van der Waals surface area contributed by atoms with Gasteiger partial charge in [-0.15, -0.1) is 11.3 Å². The fraction of sp³-hybridized carbons (Fsp3) is 0.286. The predicted octanol–water partition coefficient (Wildman–Crippen LogP) is 3.65. The standard InChI is InChI=1S/C14H17IN2O2S2/c1-2-8-16-10-13-14(7-9-20-13)21(18,19)17-12-6-4-3-5-11(12)15/h3-7,9,16-17H,2,8,10H2,1H3. The molecule has 0 saturated heterocycles. The van der Waals surface area contributed by atoms with Crippen molar-refractivity contribution in [2.24, 2.45) is 0 Å². The zero-order valence-electron chi connectivity index (χ0n) is 11.6. The van der Waals surface area contributed by atoms with Gasteiger partial charge in [-0.25, -0.2) is 8.42 Å². The Morgan fingerprint density at radius 1 is 1.24 bits per heavy atom. The number of benzene rings is 1. The van der Waals surface area contributed by atoms with Gasteiger partial charge in [0.15, 0.2) is 0 Å².